The van der Waals surface area contributed by atoms with Crippen LogP contribution in [0.3, 0.4) is 0 Å². The van der Waals surface area contributed by atoms with Gasteiger partial charge < -0.3 is 4.74 Å². The van der Waals surface area contributed by atoms with Gasteiger partial charge in [0.15, 0.2) is 0 Å². The normalized spacial score (nSPS) is 15.7. The van der Waals surface area contributed by atoms with Gasteiger partial charge in [-0.1, -0.05) is 24.3 Å². The van der Waals surface area contributed by atoms with Crippen molar-refractivity contribution >= 4 is 28.7 Å². The van der Waals surface area contributed by atoms with Crippen LogP contribution in [0.5, 0.6) is 0 Å². The summed E-state index contributed by atoms with van der Waals surface area (Å²) >= 11 is 1.29. The number of nitrogens with zero attached hydrogens (tertiary/aromatic N) is 2. The fourth-order valence-electron chi connectivity index (χ4n) is 2.71. The van der Waals surface area contributed by atoms with Gasteiger partial charge in [-0.3, -0.25) is 10.2 Å². The first-order chi connectivity index (χ1) is 12.8. The van der Waals surface area contributed by atoms with Crippen molar-refractivity contribution in [2.24, 2.45) is 5.10 Å². The number of esters is 1. The molecule has 0 bridgehead atoms. The van der Waals surface area contributed by atoms with E-state index in [1.165, 1.54) is 29.7 Å². The lowest BCUT2D eigenvalue weighted by molar-refractivity contribution is -0.160. The fourth-order valence-corrected chi connectivity index (χ4v) is 3.37. The number of hydrogen-bond donors (Lipinski definition) is 1. The molecular formula is C18H18F3N3O2S. The number of carbonyl (C=O) groups is 1. The summed E-state index contributed by atoms with van der Waals surface area (Å²) in [5, 5.41) is 6.27. The molecule has 1 aromatic carbocycles. The summed E-state index contributed by atoms with van der Waals surface area (Å²) < 4.78 is 44.2. The van der Waals surface area contributed by atoms with Gasteiger partial charge in [-0.05, 0) is 30.9 Å². The van der Waals surface area contributed by atoms with Crippen molar-refractivity contribution in [3.63, 3.8) is 0 Å². The van der Waals surface area contributed by atoms with Crippen LogP contribution in [0.4, 0.5) is 18.3 Å². The largest absolute Gasteiger partial charge is 0.466 e. The van der Waals surface area contributed by atoms with E-state index in [0.29, 0.717) is 28.6 Å². The standard InChI is InChI=1S/C18H18F3N3O2S/c1-2-26-15(25)9-14-11-27-16(23-14)24-22-10-12-3-5-13(6-4-12)17(7-8-17)18(19,20)21/h3-6,10-11H,2,7-9H2,1H3,(H,23,24). The van der Waals surface area contributed by atoms with Crippen LogP contribution in [0.25, 0.3) is 0 Å². The second-order valence-corrected chi connectivity index (χ2v) is 7.06. The zero-order chi connectivity index (χ0) is 19.5. The third kappa shape index (κ3) is 4.47. The van der Waals surface area contributed by atoms with Gasteiger partial charge in [0.25, 0.3) is 0 Å². The lowest BCUT2D eigenvalue weighted by atomic mass is 9.94. The average molecular weight is 397 g/mol. The minimum absolute atomic E-state index is 0.0954. The molecule has 0 saturated heterocycles. The Morgan fingerprint density at radius 2 is 2.07 bits per heavy atom. The molecule has 0 radical (unpaired) electrons. The molecule has 144 valence electrons. The summed E-state index contributed by atoms with van der Waals surface area (Å²) in [5.41, 5.74) is 2.63. The van der Waals surface area contributed by atoms with Crippen molar-refractivity contribution < 1.29 is 22.7 Å². The number of halogens is 3. The Morgan fingerprint density at radius 3 is 2.67 bits per heavy atom. The monoisotopic (exact) mass is 397 g/mol. The molecule has 1 heterocycles. The quantitative estimate of drug-likeness (QED) is 0.430. The molecule has 1 aromatic heterocycles. The number of hydrazone groups is 1. The van der Waals surface area contributed by atoms with Gasteiger partial charge in [0.2, 0.25) is 5.13 Å². The third-order valence-electron chi connectivity index (χ3n) is 4.31. The minimum atomic E-state index is -4.21. The molecular weight excluding hydrogens is 379 g/mol. The molecule has 0 aliphatic heterocycles. The molecule has 0 spiro atoms. The van der Waals surface area contributed by atoms with Crippen molar-refractivity contribution in [1.82, 2.24) is 4.98 Å². The Labute approximate surface area is 158 Å². The van der Waals surface area contributed by atoms with E-state index >= 15 is 0 Å². The molecule has 9 heteroatoms. The SMILES string of the molecule is CCOC(=O)Cc1csc(NN=Cc2ccc(C3(C(F)(F)F)CC3)cc2)n1. The van der Waals surface area contributed by atoms with Crippen molar-refractivity contribution in [1.29, 1.82) is 0 Å². The number of thiazole rings is 1. The number of anilines is 1. The van der Waals surface area contributed by atoms with E-state index in [-0.39, 0.29) is 25.2 Å². The first kappa shape index (κ1) is 19.3. The molecule has 0 atom stereocenters. The molecule has 27 heavy (non-hydrogen) atoms. The number of hydrogen-bond acceptors (Lipinski definition) is 6. The highest BCUT2D eigenvalue weighted by atomic mass is 32.1. The van der Waals surface area contributed by atoms with Crippen LogP contribution in [0.15, 0.2) is 34.7 Å². The van der Waals surface area contributed by atoms with Crippen LogP contribution in [0.1, 0.15) is 36.6 Å². The van der Waals surface area contributed by atoms with Crippen molar-refractivity contribution in [2.45, 2.75) is 37.8 Å². The number of benzene rings is 1. The molecule has 3 rings (SSSR count). The summed E-state index contributed by atoms with van der Waals surface area (Å²) in [7, 11) is 0. The Bertz CT molecular complexity index is 827. The smallest absolute Gasteiger partial charge is 0.398 e. The molecule has 1 aliphatic carbocycles. The maximum absolute atomic E-state index is 13.1. The first-order valence-corrected chi connectivity index (χ1v) is 9.28. The summed E-state index contributed by atoms with van der Waals surface area (Å²) in [6.45, 7) is 2.06. The van der Waals surface area contributed by atoms with Crippen molar-refractivity contribution in [2.75, 3.05) is 12.0 Å². The van der Waals surface area contributed by atoms with E-state index in [1.54, 1.807) is 24.4 Å². The number of alkyl halides is 3. The topological polar surface area (TPSA) is 63.6 Å². The Balaban J connectivity index is 1.56. The maximum Gasteiger partial charge on any atom is 0.398 e. The van der Waals surface area contributed by atoms with Crippen LogP contribution in [-0.4, -0.2) is 30.0 Å². The summed E-state index contributed by atoms with van der Waals surface area (Å²) in [6, 6.07) is 6.23. The molecule has 0 unspecified atom stereocenters. The van der Waals surface area contributed by atoms with E-state index in [0.717, 1.165) is 0 Å². The maximum atomic E-state index is 13.1. The first-order valence-electron chi connectivity index (χ1n) is 8.40. The zero-order valence-electron chi connectivity index (χ0n) is 14.5. The van der Waals surface area contributed by atoms with Gasteiger partial charge in [-0.15, -0.1) is 11.3 Å². The van der Waals surface area contributed by atoms with Crippen LogP contribution >= 0.6 is 11.3 Å². The summed E-state index contributed by atoms with van der Waals surface area (Å²) in [4.78, 5) is 15.6. The van der Waals surface area contributed by atoms with Gasteiger partial charge in [-0.2, -0.15) is 18.3 Å². The number of carbonyl (C=O) groups excluding carboxylic acids is 1. The van der Waals surface area contributed by atoms with Gasteiger partial charge >= 0.3 is 12.1 Å². The highest BCUT2D eigenvalue weighted by Gasteiger charge is 2.64. The van der Waals surface area contributed by atoms with Crippen molar-refractivity contribution in [3.05, 3.63) is 46.5 Å². The lowest BCUT2D eigenvalue weighted by Gasteiger charge is -2.19. The number of aromatic nitrogens is 1. The second-order valence-electron chi connectivity index (χ2n) is 6.20. The lowest BCUT2D eigenvalue weighted by Crippen LogP contribution is -2.28. The van der Waals surface area contributed by atoms with E-state index in [1.807, 2.05) is 0 Å². The van der Waals surface area contributed by atoms with Crippen LogP contribution in [-0.2, 0) is 21.4 Å². The molecule has 5 nitrogen and oxygen atoms in total. The van der Waals surface area contributed by atoms with Gasteiger partial charge in [0, 0.05) is 5.38 Å². The molecule has 1 aliphatic rings. The van der Waals surface area contributed by atoms with E-state index < -0.39 is 11.6 Å². The highest BCUT2D eigenvalue weighted by Crippen LogP contribution is 2.58. The van der Waals surface area contributed by atoms with Gasteiger partial charge in [-0.25, -0.2) is 4.98 Å². The Kier molecular flexibility index (Phi) is 5.50. The number of ether oxygens (including phenoxy) is 1. The van der Waals surface area contributed by atoms with Gasteiger partial charge in [0.05, 0.1) is 30.4 Å². The van der Waals surface area contributed by atoms with E-state index in [9.17, 15) is 18.0 Å². The fraction of sp³-hybridized carbons (Fsp3) is 0.389. The molecule has 1 N–H and O–H groups in total. The zero-order valence-corrected chi connectivity index (χ0v) is 15.4. The van der Waals surface area contributed by atoms with E-state index in [4.69, 9.17) is 4.74 Å². The van der Waals surface area contributed by atoms with Crippen LogP contribution in [0, 0.1) is 0 Å². The number of rotatable bonds is 7. The molecule has 1 fully saturated rings. The molecule has 0 amide bonds. The Morgan fingerprint density at radius 1 is 1.37 bits per heavy atom. The predicted molar refractivity (Wildman–Crippen MR) is 97.1 cm³/mol. The third-order valence-corrected chi connectivity index (χ3v) is 5.11. The summed E-state index contributed by atoms with van der Waals surface area (Å²) in [5.74, 6) is -0.342. The van der Waals surface area contributed by atoms with Crippen molar-refractivity contribution in [3.8, 4) is 0 Å². The minimum Gasteiger partial charge on any atom is -0.466 e. The average Bonchev–Trinajstić information content (AvgIpc) is 3.32. The second kappa shape index (κ2) is 7.67. The van der Waals surface area contributed by atoms with Crippen LogP contribution in [0.2, 0.25) is 0 Å². The molecule has 2 aromatic rings. The summed E-state index contributed by atoms with van der Waals surface area (Å²) in [6.07, 6.45) is -2.33. The predicted octanol–water partition coefficient (Wildman–Crippen LogP) is 4.29. The number of nitrogens with one attached hydrogen (secondary N) is 1. The Hall–Kier alpha value is -2.42. The highest BCUT2D eigenvalue weighted by molar-refractivity contribution is 7.13. The van der Waals surface area contributed by atoms with Gasteiger partial charge in [0.1, 0.15) is 0 Å². The van der Waals surface area contributed by atoms with Crippen LogP contribution < -0.4 is 5.43 Å². The van der Waals surface area contributed by atoms with E-state index in [2.05, 4.69) is 15.5 Å². The molecule has 1 saturated carbocycles.